The first-order chi connectivity index (χ1) is 11.4. The average molecular weight is 335 g/mol. The van der Waals surface area contributed by atoms with Crippen LogP contribution in [0.4, 0.5) is 4.39 Å². The van der Waals surface area contributed by atoms with Crippen molar-refractivity contribution in [3.05, 3.63) is 35.6 Å². The number of aliphatic hydroxyl groups is 1. The van der Waals surface area contributed by atoms with Crippen LogP contribution in [0.5, 0.6) is 0 Å². The number of rotatable bonds is 3. The van der Waals surface area contributed by atoms with Crippen molar-refractivity contribution in [1.29, 1.82) is 0 Å². The van der Waals surface area contributed by atoms with Crippen molar-refractivity contribution in [2.75, 3.05) is 19.8 Å². The highest BCUT2D eigenvalue weighted by molar-refractivity contribution is 5.88. The van der Waals surface area contributed by atoms with Crippen molar-refractivity contribution in [3.8, 4) is 0 Å². The zero-order valence-corrected chi connectivity index (χ0v) is 14.4. The third-order valence-corrected chi connectivity index (χ3v) is 5.50. The summed E-state index contributed by atoms with van der Waals surface area (Å²) in [5, 5.41) is 10.3. The van der Waals surface area contributed by atoms with Crippen LogP contribution in [0.1, 0.15) is 38.7 Å². The Labute approximate surface area is 142 Å². The standard InChI is InChI=1S/C19H26FNO3/c1-19(2,14-6-3-4-7-15(14)20)18(23)21-10-5-8-16(21)13-12-24-11-9-17(13)22/h3-4,6-7,13,16-17,22H,5,8-12H2,1-2H3/t13-,16-,17+/m1/s1. The van der Waals surface area contributed by atoms with Gasteiger partial charge in [-0.3, -0.25) is 4.79 Å². The van der Waals surface area contributed by atoms with Crippen molar-refractivity contribution < 1.29 is 19.0 Å². The Kier molecular flexibility index (Phi) is 4.92. The molecule has 132 valence electrons. The first-order valence-electron chi connectivity index (χ1n) is 8.75. The fourth-order valence-electron chi connectivity index (χ4n) is 4.05. The smallest absolute Gasteiger partial charge is 0.233 e. The summed E-state index contributed by atoms with van der Waals surface area (Å²) in [4.78, 5) is 15.1. The van der Waals surface area contributed by atoms with Gasteiger partial charge in [-0.25, -0.2) is 4.39 Å². The number of halogens is 1. The maximum Gasteiger partial charge on any atom is 0.233 e. The lowest BCUT2D eigenvalue weighted by Gasteiger charge is -2.40. The number of hydrogen-bond acceptors (Lipinski definition) is 3. The molecule has 2 fully saturated rings. The number of hydrogen-bond donors (Lipinski definition) is 1. The molecule has 24 heavy (non-hydrogen) atoms. The summed E-state index contributed by atoms with van der Waals surface area (Å²) in [6.45, 7) is 5.26. The average Bonchev–Trinajstić information content (AvgIpc) is 3.04. The van der Waals surface area contributed by atoms with Crippen LogP contribution in [0.3, 0.4) is 0 Å². The van der Waals surface area contributed by atoms with Crippen LogP contribution >= 0.6 is 0 Å². The molecule has 0 aliphatic carbocycles. The minimum Gasteiger partial charge on any atom is -0.393 e. The minimum absolute atomic E-state index is 0.0288. The van der Waals surface area contributed by atoms with Crippen molar-refractivity contribution >= 4 is 5.91 Å². The van der Waals surface area contributed by atoms with E-state index in [0.717, 1.165) is 12.8 Å². The molecule has 1 amide bonds. The fraction of sp³-hybridized carbons (Fsp3) is 0.632. The van der Waals surface area contributed by atoms with Crippen LogP contribution in [-0.4, -0.2) is 47.8 Å². The van der Waals surface area contributed by atoms with E-state index in [1.807, 2.05) is 4.90 Å². The van der Waals surface area contributed by atoms with E-state index in [0.29, 0.717) is 31.7 Å². The molecule has 2 heterocycles. The molecule has 0 aromatic heterocycles. The van der Waals surface area contributed by atoms with E-state index in [9.17, 15) is 14.3 Å². The van der Waals surface area contributed by atoms with E-state index < -0.39 is 11.5 Å². The maximum atomic E-state index is 14.2. The second-order valence-electron chi connectivity index (χ2n) is 7.41. The van der Waals surface area contributed by atoms with E-state index in [-0.39, 0.29) is 23.7 Å². The second kappa shape index (κ2) is 6.81. The topological polar surface area (TPSA) is 49.8 Å². The number of carbonyl (C=O) groups excluding carboxylic acids is 1. The quantitative estimate of drug-likeness (QED) is 0.923. The largest absolute Gasteiger partial charge is 0.393 e. The van der Waals surface area contributed by atoms with Gasteiger partial charge >= 0.3 is 0 Å². The monoisotopic (exact) mass is 335 g/mol. The number of amides is 1. The molecule has 2 aliphatic heterocycles. The molecule has 0 saturated carbocycles. The highest BCUT2D eigenvalue weighted by atomic mass is 19.1. The molecule has 3 rings (SSSR count). The van der Waals surface area contributed by atoms with Crippen molar-refractivity contribution in [1.82, 2.24) is 4.90 Å². The lowest BCUT2D eigenvalue weighted by Crippen LogP contribution is -2.52. The Bertz CT molecular complexity index is 604. The highest BCUT2D eigenvalue weighted by Crippen LogP contribution is 2.35. The summed E-state index contributed by atoms with van der Waals surface area (Å²) < 4.78 is 19.7. The van der Waals surface area contributed by atoms with Crippen molar-refractivity contribution in [3.63, 3.8) is 0 Å². The van der Waals surface area contributed by atoms with E-state index in [2.05, 4.69) is 0 Å². The predicted octanol–water partition coefficient (Wildman–Crippen LogP) is 2.49. The molecule has 2 saturated heterocycles. The van der Waals surface area contributed by atoms with E-state index >= 15 is 0 Å². The predicted molar refractivity (Wildman–Crippen MR) is 89.1 cm³/mol. The number of carbonyl (C=O) groups is 1. The number of nitrogens with zero attached hydrogens (tertiary/aromatic N) is 1. The Morgan fingerprint density at radius 1 is 1.33 bits per heavy atom. The molecule has 4 nitrogen and oxygen atoms in total. The van der Waals surface area contributed by atoms with Crippen LogP contribution in [0.15, 0.2) is 24.3 Å². The van der Waals surface area contributed by atoms with Crippen LogP contribution < -0.4 is 0 Å². The molecular formula is C19H26FNO3. The third kappa shape index (κ3) is 3.07. The van der Waals surface area contributed by atoms with E-state index in [1.165, 1.54) is 6.07 Å². The van der Waals surface area contributed by atoms with Crippen LogP contribution in [0.25, 0.3) is 0 Å². The van der Waals surface area contributed by atoms with Gasteiger partial charge in [0.1, 0.15) is 5.82 Å². The summed E-state index contributed by atoms with van der Waals surface area (Å²) in [6.07, 6.45) is 1.95. The van der Waals surface area contributed by atoms with Gasteiger partial charge in [0.05, 0.1) is 18.1 Å². The van der Waals surface area contributed by atoms with Gasteiger partial charge in [-0.2, -0.15) is 0 Å². The Morgan fingerprint density at radius 3 is 2.79 bits per heavy atom. The summed E-state index contributed by atoms with van der Waals surface area (Å²) in [7, 11) is 0. The molecule has 0 bridgehead atoms. The molecule has 3 atom stereocenters. The SMILES string of the molecule is CC(C)(C(=O)N1CCC[C@@H]1[C@H]1COCC[C@@H]1O)c1ccccc1F. The van der Waals surface area contributed by atoms with Gasteiger partial charge in [-0.05, 0) is 39.2 Å². The number of ether oxygens (including phenoxy) is 1. The first kappa shape index (κ1) is 17.4. The van der Waals surface area contributed by atoms with Crippen molar-refractivity contribution in [2.24, 2.45) is 5.92 Å². The molecule has 5 heteroatoms. The molecule has 1 aromatic rings. The van der Waals surface area contributed by atoms with E-state index in [1.54, 1.807) is 32.0 Å². The normalized spacial score (nSPS) is 28.2. The Balaban J connectivity index is 1.84. The second-order valence-corrected chi connectivity index (χ2v) is 7.41. The molecule has 0 spiro atoms. The van der Waals surface area contributed by atoms with Crippen molar-refractivity contribution in [2.45, 2.75) is 50.7 Å². The lowest BCUT2D eigenvalue weighted by atomic mass is 9.81. The minimum atomic E-state index is -0.936. The summed E-state index contributed by atoms with van der Waals surface area (Å²) in [5.74, 6) is -0.484. The van der Waals surface area contributed by atoms with Gasteiger partial charge in [0.2, 0.25) is 5.91 Å². The zero-order valence-electron chi connectivity index (χ0n) is 14.4. The fourth-order valence-corrected chi connectivity index (χ4v) is 4.05. The molecular weight excluding hydrogens is 309 g/mol. The highest BCUT2D eigenvalue weighted by Gasteiger charge is 2.44. The zero-order chi connectivity index (χ0) is 17.3. The van der Waals surface area contributed by atoms with Gasteiger partial charge in [0.15, 0.2) is 0 Å². The molecule has 0 unspecified atom stereocenters. The first-order valence-corrected chi connectivity index (χ1v) is 8.75. The summed E-state index contributed by atoms with van der Waals surface area (Å²) in [5.41, 5.74) is -0.518. The Hall–Kier alpha value is -1.46. The number of likely N-dealkylation sites (tertiary alicyclic amines) is 1. The van der Waals surface area contributed by atoms with Gasteiger partial charge in [-0.1, -0.05) is 18.2 Å². The van der Waals surface area contributed by atoms with Gasteiger partial charge < -0.3 is 14.7 Å². The van der Waals surface area contributed by atoms with Crippen LogP contribution in [0, 0.1) is 11.7 Å². The summed E-state index contributed by atoms with van der Waals surface area (Å²) >= 11 is 0. The van der Waals surface area contributed by atoms with Gasteiger partial charge in [-0.15, -0.1) is 0 Å². The number of aliphatic hydroxyl groups excluding tert-OH is 1. The lowest BCUT2D eigenvalue weighted by molar-refractivity contribution is -0.141. The van der Waals surface area contributed by atoms with Gasteiger partial charge in [0, 0.05) is 30.7 Å². The molecule has 1 aromatic carbocycles. The molecule has 2 aliphatic rings. The third-order valence-electron chi connectivity index (χ3n) is 5.50. The maximum absolute atomic E-state index is 14.2. The van der Waals surface area contributed by atoms with Crippen LogP contribution in [-0.2, 0) is 14.9 Å². The van der Waals surface area contributed by atoms with Gasteiger partial charge in [0.25, 0.3) is 0 Å². The number of benzene rings is 1. The molecule has 1 N–H and O–H groups in total. The summed E-state index contributed by atoms with van der Waals surface area (Å²) in [6, 6.07) is 6.43. The van der Waals surface area contributed by atoms with E-state index in [4.69, 9.17) is 4.74 Å². The Morgan fingerprint density at radius 2 is 2.08 bits per heavy atom. The molecule has 0 radical (unpaired) electrons. The van der Waals surface area contributed by atoms with Crippen LogP contribution in [0.2, 0.25) is 0 Å².